The molecule has 0 amide bonds. The Bertz CT molecular complexity index is 550. The SMILES string of the molecule is Cc1c(C)c2c(c(C)c1N)C(CN1CCNCC1)C(C)O2. The lowest BCUT2D eigenvalue weighted by Crippen LogP contribution is -2.45. The molecule has 4 heteroatoms. The van der Waals surface area contributed by atoms with Crippen LogP contribution in [0.5, 0.6) is 5.75 Å². The summed E-state index contributed by atoms with van der Waals surface area (Å²) in [6, 6.07) is 0. The van der Waals surface area contributed by atoms with Gasteiger partial charge in [-0.05, 0) is 44.4 Å². The Labute approximate surface area is 127 Å². The lowest BCUT2D eigenvalue weighted by atomic mass is 9.88. The Hall–Kier alpha value is -1.26. The summed E-state index contributed by atoms with van der Waals surface area (Å²) in [4.78, 5) is 2.54. The Morgan fingerprint density at radius 3 is 2.48 bits per heavy atom. The lowest BCUT2D eigenvalue weighted by Gasteiger charge is -2.31. The molecular weight excluding hydrogens is 262 g/mol. The van der Waals surface area contributed by atoms with Crippen LogP contribution >= 0.6 is 0 Å². The molecule has 0 aliphatic carbocycles. The van der Waals surface area contributed by atoms with Crippen molar-refractivity contribution < 1.29 is 4.74 Å². The topological polar surface area (TPSA) is 50.5 Å². The predicted molar refractivity (Wildman–Crippen MR) is 87.2 cm³/mol. The number of fused-ring (bicyclic) bond motifs is 1. The quantitative estimate of drug-likeness (QED) is 0.817. The van der Waals surface area contributed by atoms with Crippen LogP contribution in [-0.2, 0) is 0 Å². The highest BCUT2D eigenvalue weighted by Gasteiger charge is 2.36. The average molecular weight is 289 g/mol. The van der Waals surface area contributed by atoms with Crippen molar-refractivity contribution in [3.05, 3.63) is 22.3 Å². The molecule has 0 radical (unpaired) electrons. The molecule has 0 spiro atoms. The summed E-state index contributed by atoms with van der Waals surface area (Å²) in [5.41, 5.74) is 12.2. The highest BCUT2D eigenvalue weighted by atomic mass is 16.5. The second-order valence-corrected chi connectivity index (χ2v) is 6.51. The minimum Gasteiger partial charge on any atom is -0.489 e. The van der Waals surface area contributed by atoms with Gasteiger partial charge in [0.05, 0.1) is 0 Å². The molecule has 1 fully saturated rings. The number of hydrogen-bond donors (Lipinski definition) is 2. The summed E-state index contributed by atoms with van der Waals surface area (Å²) < 4.78 is 6.21. The van der Waals surface area contributed by atoms with E-state index in [2.05, 4.69) is 37.9 Å². The highest BCUT2D eigenvalue weighted by Crippen LogP contribution is 2.46. The monoisotopic (exact) mass is 289 g/mol. The summed E-state index contributed by atoms with van der Waals surface area (Å²) in [6.07, 6.45) is 0.230. The zero-order valence-electron chi connectivity index (χ0n) is 13.6. The molecule has 2 aliphatic rings. The number of nitrogens with two attached hydrogens (primary N) is 1. The third-order valence-corrected chi connectivity index (χ3v) is 5.27. The van der Waals surface area contributed by atoms with E-state index in [-0.39, 0.29) is 6.10 Å². The van der Waals surface area contributed by atoms with E-state index in [1.165, 1.54) is 22.3 Å². The van der Waals surface area contributed by atoms with E-state index >= 15 is 0 Å². The van der Waals surface area contributed by atoms with Gasteiger partial charge in [-0.15, -0.1) is 0 Å². The Morgan fingerprint density at radius 2 is 1.81 bits per heavy atom. The van der Waals surface area contributed by atoms with Gasteiger partial charge in [0.1, 0.15) is 11.9 Å². The molecule has 3 rings (SSSR count). The molecule has 4 nitrogen and oxygen atoms in total. The number of benzene rings is 1. The summed E-state index contributed by atoms with van der Waals surface area (Å²) in [6.45, 7) is 14.0. The summed E-state index contributed by atoms with van der Waals surface area (Å²) in [5.74, 6) is 1.52. The van der Waals surface area contributed by atoms with E-state index < -0.39 is 0 Å². The van der Waals surface area contributed by atoms with Crippen molar-refractivity contribution in [2.45, 2.75) is 39.7 Å². The predicted octanol–water partition coefficient (Wildman–Crippen LogP) is 1.96. The van der Waals surface area contributed by atoms with Gasteiger partial charge in [0.15, 0.2) is 0 Å². The zero-order valence-corrected chi connectivity index (χ0v) is 13.6. The van der Waals surface area contributed by atoms with Gasteiger partial charge in [-0.2, -0.15) is 0 Å². The maximum atomic E-state index is 6.32. The first-order valence-corrected chi connectivity index (χ1v) is 7.99. The van der Waals surface area contributed by atoms with E-state index in [4.69, 9.17) is 10.5 Å². The van der Waals surface area contributed by atoms with Gasteiger partial charge < -0.3 is 20.7 Å². The van der Waals surface area contributed by atoms with Gasteiger partial charge in [-0.3, -0.25) is 0 Å². The molecule has 3 N–H and O–H groups in total. The van der Waals surface area contributed by atoms with Gasteiger partial charge in [0.2, 0.25) is 0 Å². The van der Waals surface area contributed by atoms with Crippen LogP contribution in [0.2, 0.25) is 0 Å². The van der Waals surface area contributed by atoms with Crippen LogP contribution in [0, 0.1) is 20.8 Å². The van der Waals surface area contributed by atoms with Crippen molar-refractivity contribution in [2.24, 2.45) is 0 Å². The normalized spacial score (nSPS) is 25.7. The molecule has 1 saturated heterocycles. The van der Waals surface area contributed by atoms with E-state index in [1.807, 2.05) is 0 Å². The number of ether oxygens (including phenoxy) is 1. The number of nitrogens with zero attached hydrogens (tertiary/aromatic N) is 1. The second-order valence-electron chi connectivity index (χ2n) is 6.51. The molecule has 0 saturated carbocycles. The van der Waals surface area contributed by atoms with Crippen LogP contribution in [0.1, 0.15) is 35.1 Å². The van der Waals surface area contributed by atoms with Gasteiger partial charge in [0.25, 0.3) is 0 Å². The number of anilines is 1. The Kier molecular flexibility index (Phi) is 3.84. The van der Waals surface area contributed by atoms with Crippen LogP contribution in [-0.4, -0.2) is 43.7 Å². The largest absolute Gasteiger partial charge is 0.489 e. The highest BCUT2D eigenvalue weighted by molar-refractivity contribution is 5.67. The standard InChI is InChI=1S/C17H27N3O/c1-10-11(2)17-15(12(3)16(10)18)14(13(4)21-17)9-20-7-5-19-6-8-20/h13-14,19H,5-9,18H2,1-4H3. The molecule has 1 aromatic rings. The molecule has 116 valence electrons. The number of hydrogen-bond acceptors (Lipinski definition) is 4. The fraction of sp³-hybridized carbons (Fsp3) is 0.647. The first-order valence-electron chi connectivity index (χ1n) is 7.99. The van der Waals surface area contributed by atoms with Crippen LogP contribution in [0.4, 0.5) is 5.69 Å². The molecule has 2 unspecified atom stereocenters. The van der Waals surface area contributed by atoms with Gasteiger partial charge in [0, 0.05) is 49.9 Å². The summed E-state index contributed by atoms with van der Waals surface area (Å²) in [5, 5.41) is 3.41. The zero-order chi connectivity index (χ0) is 15.1. The minimum atomic E-state index is 0.230. The first-order chi connectivity index (χ1) is 10.0. The molecule has 2 atom stereocenters. The maximum Gasteiger partial charge on any atom is 0.126 e. The van der Waals surface area contributed by atoms with Crippen molar-refractivity contribution in [2.75, 3.05) is 38.5 Å². The molecule has 21 heavy (non-hydrogen) atoms. The number of nitrogens with one attached hydrogen (secondary N) is 1. The fourth-order valence-corrected chi connectivity index (χ4v) is 3.68. The van der Waals surface area contributed by atoms with Crippen molar-refractivity contribution in [3.63, 3.8) is 0 Å². The van der Waals surface area contributed by atoms with Gasteiger partial charge in [-0.1, -0.05) is 0 Å². The molecule has 2 aliphatic heterocycles. The second kappa shape index (κ2) is 5.50. The Morgan fingerprint density at radius 1 is 1.14 bits per heavy atom. The minimum absolute atomic E-state index is 0.230. The first kappa shape index (κ1) is 14.7. The average Bonchev–Trinajstić information content (AvgIpc) is 2.81. The third kappa shape index (κ3) is 2.40. The van der Waals surface area contributed by atoms with E-state index in [0.29, 0.717) is 5.92 Å². The van der Waals surface area contributed by atoms with Crippen molar-refractivity contribution >= 4 is 5.69 Å². The van der Waals surface area contributed by atoms with Crippen molar-refractivity contribution in [3.8, 4) is 5.75 Å². The van der Waals surface area contributed by atoms with Crippen molar-refractivity contribution in [1.82, 2.24) is 10.2 Å². The summed E-state index contributed by atoms with van der Waals surface area (Å²) in [7, 11) is 0. The molecule has 0 bridgehead atoms. The van der Waals surface area contributed by atoms with Crippen LogP contribution in [0.25, 0.3) is 0 Å². The van der Waals surface area contributed by atoms with Gasteiger partial charge in [-0.25, -0.2) is 0 Å². The fourth-order valence-electron chi connectivity index (χ4n) is 3.68. The molecule has 2 heterocycles. The van der Waals surface area contributed by atoms with Crippen molar-refractivity contribution in [1.29, 1.82) is 0 Å². The molecule has 1 aromatic carbocycles. The van der Waals surface area contributed by atoms with E-state index in [0.717, 1.165) is 44.2 Å². The number of nitrogen functional groups attached to an aromatic ring is 1. The molecular formula is C17H27N3O. The Balaban J connectivity index is 1.95. The smallest absolute Gasteiger partial charge is 0.126 e. The van der Waals surface area contributed by atoms with Crippen LogP contribution in [0.3, 0.4) is 0 Å². The molecule has 0 aromatic heterocycles. The third-order valence-electron chi connectivity index (χ3n) is 5.27. The van der Waals surface area contributed by atoms with Gasteiger partial charge >= 0.3 is 0 Å². The van der Waals surface area contributed by atoms with Crippen LogP contribution in [0.15, 0.2) is 0 Å². The summed E-state index contributed by atoms with van der Waals surface area (Å²) >= 11 is 0. The van der Waals surface area contributed by atoms with E-state index in [9.17, 15) is 0 Å². The maximum absolute atomic E-state index is 6.32. The number of rotatable bonds is 2. The van der Waals surface area contributed by atoms with Crippen LogP contribution < -0.4 is 15.8 Å². The number of piperazine rings is 1. The lowest BCUT2D eigenvalue weighted by molar-refractivity contribution is 0.170. The van der Waals surface area contributed by atoms with E-state index in [1.54, 1.807) is 0 Å².